The van der Waals surface area contributed by atoms with E-state index in [1.165, 1.54) is 13.2 Å². The van der Waals surface area contributed by atoms with Crippen molar-refractivity contribution in [3.63, 3.8) is 0 Å². The summed E-state index contributed by atoms with van der Waals surface area (Å²) >= 11 is 0. The summed E-state index contributed by atoms with van der Waals surface area (Å²) in [4.78, 5) is 6.80. The number of benzene rings is 2. The Labute approximate surface area is 321 Å². The summed E-state index contributed by atoms with van der Waals surface area (Å²) in [6.07, 6.45) is -6.70. The van der Waals surface area contributed by atoms with Crippen molar-refractivity contribution in [2.45, 2.75) is 78.9 Å². The molecular weight excluding hydrogens is 770 g/mol. The molecule has 306 valence electrons. The van der Waals surface area contributed by atoms with Crippen LogP contribution < -0.4 is 9.47 Å². The predicted molar refractivity (Wildman–Crippen MR) is 186 cm³/mol. The van der Waals surface area contributed by atoms with E-state index in [-0.39, 0.29) is 24.9 Å². The molecule has 57 heavy (non-hydrogen) atoms. The lowest BCUT2D eigenvalue weighted by molar-refractivity contribution is -0.160. The van der Waals surface area contributed by atoms with Crippen LogP contribution in [0, 0.1) is 27.7 Å². The maximum Gasteiger partial charge on any atom is 0.471 e. The molecule has 20 heteroatoms. The average molecular weight is 809 g/mol. The highest BCUT2D eigenvalue weighted by molar-refractivity contribution is 5.62. The molecule has 4 aromatic heterocycles. The second-order valence-corrected chi connectivity index (χ2v) is 12.8. The van der Waals surface area contributed by atoms with Gasteiger partial charge in [0.25, 0.3) is 0 Å². The van der Waals surface area contributed by atoms with E-state index in [0.29, 0.717) is 78.2 Å². The highest BCUT2D eigenvalue weighted by Crippen LogP contribution is 2.35. The third kappa shape index (κ3) is 11.4. The molecule has 1 N–H and O–H groups in total. The number of aromatic nitrogens is 6. The lowest BCUT2D eigenvalue weighted by Gasteiger charge is -2.15. The van der Waals surface area contributed by atoms with Gasteiger partial charge in [0.05, 0.1) is 37.8 Å². The van der Waals surface area contributed by atoms with Crippen LogP contribution in [0.25, 0.3) is 22.8 Å². The fourth-order valence-corrected chi connectivity index (χ4v) is 5.57. The van der Waals surface area contributed by atoms with E-state index in [2.05, 4.69) is 39.6 Å². The van der Waals surface area contributed by atoms with Crippen LogP contribution in [0.2, 0.25) is 0 Å². The number of rotatable bonds is 15. The van der Waals surface area contributed by atoms with Crippen LogP contribution >= 0.6 is 0 Å². The Morgan fingerprint density at radius 3 is 1.40 bits per heavy atom. The molecule has 0 amide bonds. The van der Waals surface area contributed by atoms with Gasteiger partial charge in [-0.25, -0.2) is 0 Å². The molecule has 0 bridgehead atoms. The van der Waals surface area contributed by atoms with Gasteiger partial charge in [0, 0.05) is 54.3 Å². The Morgan fingerprint density at radius 2 is 1.04 bits per heavy atom. The Balaban J connectivity index is 0.000000218. The maximum absolute atomic E-state index is 12.7. The van der Waals surface area contributed by atoms with Crippen LogP contribution in [0.15, 0.2) is 54.5 Å². The van der Waals surface area contributed by atoms with Crippen molar-refractivity contribution in [3.8, 4) is 34.3 Å². The van der Waals surface area contributed by atoms with Gasteiger partial charge in [0.15, 0.2) is 0 Å². The second-order valence-electron chi connectivity index (χ2n) is 12.8. The molecule has 0 radical (unpaired) electrons. The Kier molecular flexibility index (Phi) is 13.7. The molecule has 0 aliphatic heterocycles. The first-order valence-electron chi connectivity index (χ1n) is 17.3. The average Bonchev–Trinajstić information content (AvgIpc) is 3.98. The molecule has 0 atom stereocenters. The van der Waals surface area contributed by atoms with Crippen molar-refractivity contribution in [2.24, 2.45) is 0 Å². The molecule has 0 unspecified atom stereocenters. The number of ether oxygens (including phenoxy) is 3. The minimum Gasteiger partial charge on any atom is -0.493 e. The largest absolute Gasteiger partial charge is 0.493 e. The summed E-state index contributed by atoms with van der Waals surface area (Å²) in [6.45, 7) is 7.87. The van der Waals surface area contributed by atoms with Gasteiger partial charge in [-0.2, -0.15) is 36.3 Å². The van der Waals surface area contributed by atoms with Crippen LogP contribution in [-0.4, -0.2) is 56.0 Å². The number of nitrogens with zero attached hydrogens (tertiary/aromatic N) is 6. The normalized spacial score (nSPS) is 11.8. The molecule has 4 heterocycles. The maximum atomic E-state index is 12.7. The monoisotopic (exact) mass is 808 g/mol. The zero-order chi connectivity index (χ0) is 41.3. The van der Waals surface area contributed by atoms with Crippen LogP contribution in [0.5, 0.6) is 11.5 Å². The van der Waals surface area contributed by atoms with Gasteiger partial charge < -0.3 is 37.4 Å². The number of aryl methyl sites for hydroxylation is 6. The first-order valence-corrected chi connectivity index (χ1v) is 17.3. The molecule has 6 rings (SSSR count). The van der Waals surface area contributed by atoms with Crippen LogP contribution in [0.4, 0.5) is 26.3 Å². The van der Waals surface area contributed by atoms with E-state index < -0.39 is 24.1 Å². The summed E-state index contributed by atoms with van der Waals surface area (Å²) in [7, 11) is 1.52. The van der Waals surface area contributed by atoms with E-state index >= 15 is 0 Å². The van der Waals surface area contributed by atoms with E-state index in [4.69, 9.17) is 23.3 Å². The van der Waals surface area contributed by atoms with Crippen molar-refractivity contribution in [2.75, 3.05) is 20.3 Å². The Hall–Kier alpha value is -5.76. The summed E-state index contributed by atoms with van der Waals surface area (Å²) in [5.74, 6) is -0.540. The van der Waals surface area contributed by atoms with E-state index in [1.807, 2.05) is 26.0 Å². The van der Waals surface area contributed by atoms with Gasteiger partial charge in [-0.1, -0.05) is 20.6 Å². The van der Waals surface area contributed by atoms with Gasteiger partial charge in [-0.05, 0) is 75.9 Å². The van der Waals surface area contributed by atoms with Crippen molar-refractivity contribution in [1.82, 2.24) is 30.6 Å². The summed E-state index contributed by atoms with van der Waals surface area (Å²) < 4.78 is 112. The lowest BCUT2D eigenvalue weighted by atomic mass is 10.0. The topological polar surface area (TPSA) is 178 Å². The lowest BCUT2D eigenvalue weighted by Crippen LogP contribution is -2.05. The quantitative estimate of drug-likeness (QED) is 0.0772. The second kappa shape index (κ2) is 18.5. The molecule has 2 aromatic carbocycles. The summed E-state index contributed by atoms with van der Waals surface area (Å²) in [5, 5.41) is 24.1. The molecular formula is C37H38F6N6O8. The van der Waals surface area contributed by atoms with E-state index in [1.54, 1.807) is 32.0 Å². The van der Waals surface area contributed by atoms with Crippen LogP contribution in [0.3, 0.4) is 0 Å². The number of halogens is 6. The van der Waals surface area contributed by atoms with Crippen molar-refractivity contribution >= 4 is 0 Å². The van der Waals surface area contributed by atoms with E-state index in [0.717, 1.165) is 28.5 Å². The molecule has 0 aliphatic rings. The zero-order valence-electron chi connectivity index (χ0n) is 31.4. The third-order valence-electron chi connectivity index (χ3n) is 8.01. The van der Waals surface area contributed by atoms with Gasteiger partial charge >= 0.3 is 24.1 Å². The van der Waals surface area contributed by atoms with Gasteiger partial charge in [-0.15, -0.1) is 0 Å². The molecule has 0 aliphatic carbocycles. The van der Waals surface area contributed by atoms with Gasteiger partial charge in [-0.3, -0.25) is 0 Å². The number of hydrogen-bond acceptors (Lipinski definition) is 14. The number of methoxy groups -OCH3 is 1. The van der Waals surface area contributed by atoms with Gasteiger partial charge in [0.1, 0.15) is 23.0 Å². The SMILES string of the molecule is COCc1cc(-c2noc(C(F)(F)F)n2)cc(C)c1OCCCc1cc(C)no1.Cc1cc(CCCOc2c(C)cc(-c3noc(C(F)(F)F)n3)cc2CO)on1. The Bertz CT molecular complexity index is 2230. The van der Waals surface area contributed by atoms with Crippen LogP contribution in [-0.2, 0) is 43.1 Å². The molecule has 14 nitrogen and oxygen atoms in total. The number of alkyl halides is 6. The van der Waals surface area contributed by atoms with Crippen molar-refractivity contribution < 1.29 is 63.8 Å². The number of aliphatic hydroxyl groups is 1. The standard InChI is InChI=1S/C19H20F3N3O4.C18H18F3N3O4/c1-11-7-13(17-23-18(29-25-17)19(20,21)22)9-14(10-26-3)16(11)27-6-4-5-15-8-12(2)24-28-15;1-10-6-12(16-22-17(28-24-16)18(19,20)21)8-13(9-25)15(10)26-5-3-4-14-7-11(2)23-27-14/h7-9H,4-6,10H2,1-3H3;6-8,25H,3-5,9H2,1-2H3. The van der Waals surface area contributed by atoms with Gasteiger partial charge in [0.2, 0.25) is 11.6 Å². The fourth-order valence-electron chi connectivity index (χ4n) is 5.57. The molecule has 0 saturated heterocycles. The molecule has 0 fully saturated rings. The smallest absolute Gasteiger partial charge is 0.471 e. The Morgan fingerprint density at radius 1 is 0.596 bits per heavy atom. The summed E-state index contributed by atoms with van der Waals surface area (Å²) in [6, 6.07) is 10.1. The third-order valence-corrected chi connectivity index (χ3v) is 8.01. The predicted octanol–water partition coefficient (Wildman–Crippen LogP) is 8.38. The van der Waals surface area contributed by atoms with Crippen molar-refractivity contribution in [1.29, 1.82) is 0 Å². The highest BCUT2D eigenvalue weighted by atomic mass is 19.4. The molecule has 0 saturated carbocycles. The molecule has 0 spiro atoms. The van der Waals surface area contributed by atoms with Crippen molar-refractivity contribution in [3.05, 3.63) is 93.3 Å². The first kappa shape index (κ1) is 42.4. The zero-order valence-corrected chi connectivity index (χ0v) is 31.4. The van der Waals surface area contributed by atoms with Crippen LogP contribution in [0.1, 0.15) is 69.8 Å². The number of aliphatic hydroxyl groups excluding tert-OH is 1. The fraction of sp³-hybridized carbons (Fsp3) is 0.405. The number of hydrogen-bond donors (Lipinski definition) is 1. The van der Waals surface area contributed by atoms with E-state index in [9.17, 15) is 31.4 Å². The summed E-state index contributed by atoms with van der Waals surface area (Å²) in [5.41, 5.74) is 4.77. The molecule has 6 aromatic rings. The first-order chi connectivity index (χ1) is 27.0. The highest BCUT2D eigenvalue weighted by Gasteiger charge is 2.39. The minimum atomic E-state index is -4.72. The minimum absolute atomic E-state index is 0.148.